The Labute approximate surface area is 201 Å². The van der Waals surface area contributed by atoms with Crippen molar-refractivity contribution in [2.24, 2.45) is 22.7 Å². The van der Waals surface area contributed by atoms with Crippen LogP contribution in [0.2, 0.25) is 0 Å². The highest BCUT2D eigenvalue weighted by atomic mass is 15.1. The molecule has 3 aliphatic carbocycles. The second-order valence-corrected chi connectivity index (χ2v) is 12.2. The zero-order valence-electron chi connectivity index (χ0n) is 21.4. The van der Waals surface area contributed by atoms with Gasteiger partial charge in [-0.05, 0) is 110 Å². The fourth-order valence-electron chi connectivity index (χ4n) is 7.30. The van der Waals surface area contributed by atoms with Crippen molar-refractivity contribution < 1.29 is 0 Å². The zero-order valence-corrected chi connectivity index (χ0v) is 21.4. The van der Waals surface area contributed by atoms with Crippen LogP contribution in [0.1, 0.15) is 77.7 Å². The molecule has 0 N–H and O–H groups in total. The second-order valence-electron chi connectivity index (χ2n) is 12.2. The van der Waals surface area contributed by atoms with Gasteiger partial charge < -0.3 is 4.90 Å². The SMILES string of the molecule is CN(C)C1CCC(C)(C)/C(=C\CC2CCCC3(C)C(c4ccc5ccncc5c4)=CCC23)C1. The fourth-order valence-corrected chi connectivity index (χ4v) is 7.30. The van der Waals surface area contributed by atoms with E-state index in [-0.39, 0.29) is 0 Å². The number of benzene rings is 1. The minimum absolute atomic E-state index is 0.311. The number of aromatic nitrogens is 1. The van der Waals surface area contributed by atoms with Gasteiger partial charge in [0.1, 0.15) is 0 Å². The monoisotopic (exact) mass is 442 g/mol. The first-order valence-electron chi connectivity index (χ1n) is 13.2. The molecule has 0 amide bonds. The molecule has 0 saturated heterocycles. The van der Waals surface area contributed by atoms with Crippen molar-refractivity contribution in [1.82, 2.24) is 9.88 Å². The maximum atomic E-state index is 4.36. The van der Waals surface area contributed by atoms with Crippen molar-refractivity contribution in [3.63, 3.8) is 0 Å². The van der Waals surface area contributed by atoms with Crippen molar-refractivity contribution in [3.8, 4) is 0 Å². The number of nitrogens with zero attached hydrogens (tertiary/aromatic N) is 2. The number of rotatable bonds is 4. The van der Waals surface area contributed by atoms with Gasteiger partial charge in [-0.15, -0.1) is 0 Å². The summed E-state index contributed by atoms with van der Waals surface area (Å²) in [6.07, 6.45) is 19.7. The quantitative estimate of drug-likeness (QED) is 0.447. The third-order valence-electron chi connectivity index (χ3n) is 9.63. The van der Waals surface area contributed by atoms with E-state index in [1.54, 1.807) is 11.1 Å². The molecule has 1 aromatic heterocycles. The van der Waals surface area contributed by atoms with Crippen LogP contribution in [-0.4, -0.2) is 30.0 Å². The Morgan fingerprint density at radius 2 is 1.91 bits per heavy atom. The Balaban J connectivity index is 1.36. The molecular weight excluding hydrogens is 400 g/mol. The van der Waals surface area contributed by atoms with Crippen molar-refractivity contribution in [1.29, 1.82) is 0 Å². The molecule has 33 heavy (non-hydrogen) atoms. The summed E-state index contributed by atoms with van der Waals surface area (Å²) in [5.41, 5.74) is 5.41. The highest BCUT2D eigenvalue weighted by molar-refractivity contribution is 5.86. The fraction of sp³-hybridized carbons (Fsp3) is 0.581. The third kappa shape index (κ3) is 4.20. The smallest absolute Gasteiger partial charge is 0.0346 e. The molecule has 0 aliphatic heterocycles. The molecule has 0 radical (unpaired) electrons. The molecule has 2 heteroatoms. The Morgan fingerprint density at radius 1 is 1.06 bits per heavy atom. The zero-order chi connectivity index (χ0) is 23.2. The first-order valence-corrected chi connectivity index (χ1v) is 13.2. The Morgan fingerprint density at radius 3 is 2.73 bits per heavy atom. The maximum Gasteiger partial charge on any atom is 0.0346 e. The molecule has 0 bridgehead atoms. The van der Waals surface area contributed by atoms with E-state index in [4.69, 9.17) is 0 Å². The van der Waals surface area contributed by atoms with Crippen molar-refractivity contribution in [3.05, 3.63) is 59.9 Å². The average Bonchev–Trinajstić information content (AvgIpc) is 3.15. The molecule has 0 spiro atoms. The molecule has 2 nitrogen and oxygen atoms in total. The molecule has 3 aliphatic rings. The minimum atomic E-state index is 0.311. The molecule has 4 unspecified atom stereocenters. The highest BCUT2D eigenvalue weighted by Crippen LogP contribution is 2.59. The molecular formula is C31H42N2. The van der Waals surface area contributed by atoms with Gasteiger partial charge in [-0.25, -0.2) is 0 Å². The molecule has 176 valence electrons. The summed E-state index contributed by atoms with van der Waals surface area (Å²) in [5, 5.41) is 2.54. The van der Waals surface area contributed by atoms with E-state index in [9.17, 15) is 0 Å². The molecule has 1 heterocycles. The topological polar surface area (TPSA) is 16.1 Å². The van der Waals surface area contributed by atoms with E-state index in [1.807, 2.05) is 12.4 Å². The standard InChI is InChI=1S/C31H42N2/c1-30(2)17-14-27(33(4)5)20-26(30)11-10-23-7-6-16-31(3)28(23)12-13-29(31)24-9-8-22-15-18-32-21-25(22)19-24/h8-9,11,13,15,18-19,21,23,27-28H,6-7,10,12,14,16-17,20H2,1-5H3/b26-11-. The molecule has 4 atom stereocenters. The van der Waals surface area contributed by atoms with Crippen LogP contribution >= 0.6 is 0 Å². The lowest BCUT2D eigenvalue weighted by molar-refractivity contribution is 0.124. The lowest BCUT2D eigenvalue weighted by Crippen LogP contribution is -2.37. The summed E-state index contributed by atoms with van der Waals surface area (Å²) < 4.78 is 0. The molecule has 1 aromatic carbocycles. The van der Waals surface area contributed by atoms with Crippen LogP contribution in [0, 0.1) is 22.7 Å². The van der Waals surface area contributed by atoms with Gasteiger partial charge in [-0.1, -0.05) is 57.0 Å². The van der Waals surface area contributed by atoms with Gasteiger partial charge in [0.25, 0.3) is 0 Å². The predicted molar refractivity (Wildman–Crippen MR) is 141 cm³/mol. The lowest BCUT2D eigenvalue weighted by Gasteiger charge is -2.45. The predicted octanol–water partition coefficient (Wildman–Crippen LogP) is 7.90. The van der Waals surface area contributed by atoms with Gasteiger partial charge in [0.05, 0.1) is 0 Å². The van der Waals surface area contributed by atoms with Gasteiger partial charge in [0.15, 0.2) is 0 Å². The van der Waals surface area contributed by atoms with Gasteiger partial charge in [0, 0.05) is 23.8 Å². The van der Waals surface area contributed by atoms with E-state index < -0.39 is 0 Å². The Bertz CT molecular complexity index is 1080. The van der Waals surface area contributed by atoms with Crippen LogP contribution < -0.4 is 0 Å². The largest absolute Gasteiger partial charge is 0.306 e. The number of pyridine rings is 1. The van der Waals surface area contributed by atoms with Gasteiger partial charge >= 0.3 is 0 Å². The third-order valence-corrected chi connectivity index (χ3v) is 9.63. The van der Waals surface area contributed by atoms with Crippen LogP contribution in [0.5, 0.6) is 0 Å². The Kier molecular flexibility index (Phi) is 6.02. The van der Waals surface area contributed by atoms with Gasteiger partial charge in [-0.3, -0.25) is 4.98 Å². The summed E-state index contributed by atoms with van der Waals surface area (Å²) in [4.78, 5) is 6.80. The number of hydrogen-bond acceptors (Lipinski definition) is 2. The van der Waals surface area contributed by atoms with Crippen LogP contribution in [0.3, 0.4) is 0 Å². The molecule has 2 fully saturated rings. The maximum absolute atomic E-state index is 4.36. The van der Waals surface area contributed by atoms with Crippen molar-refractivity contribution in [2.75, 3.05) is 14.1 Å². The normalized spacial score (nSPS) is 32.8. The highest BCUT2D eigenvalue weighted by Gasteiger charge is 2.47. The molecule has 5 rings (SSSR count). The van der Waals surface area contributed by atoms with E-state index in [2.05, 4.69) is 81.2 Å². The van der Waals surface area contributed by atoms with E-state index >= 15 is 0 Å². The summed E-state index contributed by atoms with van der Waals surface area (Å²) in [7, 11) is 4.50. The summed E-state index contributed by atoms with van der Waals surface area (Å²) in [6, 6.07) is 9.83. The van der Waals surface area contributed by atoms with Gasteiger partial charge in [0.2, 0.25) is 0 Å². The van der Waals surface area contributed by atoms with Crippen LogP contribution in [0.4, 0.5) is 0 Å². The average molecular weight is 443 g/mol. The minimum Gasteiger partial charge on any atom is -0.306 e. The summed E-state index contributed by atoms with van der Waals surface area (Å²) in [6.45, 7) is 7.51. The first kappa shape index (κ1) is 22.8. The number of fused-ring (bicyclic) bond motifs is 2. The van der Waals surface area contributed by atoms with E-state index in [0.29, 0.717) is 16.9 Å². The summed E-state index contributed by atoms with van der Waals surface area (Å²) in [5.74, 6) is 1.58. The van der Waals surface area contributed by atoms with Crippen LogP contribution in [0.15, 0.2) is 54.4 Å². The van der Waals surface area contributed by atoms with Crippen LogP contribution in [0.25, 0.3) is 16.3 Å². The van der Waals surface area contributed by atoms with Crippen molar-refractivity contribution >= 4 is 16.3 Å². The Hall–Kier alpha value is -1.93. The van der Waals surface area contributed by atoms with E-state index in [0.717, 1.165) is 11.8 Å². The van der Waals surface area contributed by atoms with Gasteiger partial charge in [-0.2, -0.15) is 0 Å². The number of allylic oxidation sites excluding steroid dienone is 3. The first-order chi connectivity index (χ1) is 15.8. The van der Waals surface area contributed by atoms with Crippen molar-refractivity contribution in [2.45, 2.75) is 78.2 Å². The molecule has 2 saturated carbocycles. The lowest BCUT2D eigenvalue weighted by atomic mass is 9.60. The summed E-state index contributed by atoms with van der Waals surface area (Å²) >= 11 is 0. The molecule has 2 aromatic rings. The second kappa shape index (κ2) is 8.69. The van der Waals surface area contributed by atoms with Crippen LogP contribution in [-0.2, 0) is 0 Å². The number of hydrogen-bond donors (Lipinski definition) is 0. The van der Waals surface area contributed by atoms with E-state index in [1.165, 1.54) is 67.7 Å².